The topological polar surface area (TPSA) is 23.5 Å². The van der Waals surface area contributed by atoms with Gasteiger partial charge in [-0.3, -0.25) is 0 Å². The van der Waals surface area contributed by atoms with Crippen molar-refractivity contribution in [1.82, 2.24) is 4.90 Å². The monoisotopic (exact) mass is 275 g/mol. The molecule has 0 radical (unpaired) electrons. The number of benzene rings is 1. The third-order valence-corrected chi connectivity index (χ3v) is 4.59. The maximum Gasteiger partial charge on any atom is 0.0916 e. The Hall–Kier alpha value is -0.860. The van der Waals surface area contributed by atoms with Gasteiger partial charge in [-0.15, -0.1) is 0 Å². The Labute approximate surface area is 123 Å². The smallest absolute Gasteiger partial charge is 0.0916 e. The number of nitrogens with zero attached hydrogens (tertiary/aromatic N) is 1. The lowest BCUT2D eigenvalue weighted by atomic mass is 9.95. The van der Waals surface area contributed by atoms with Crippen LogP contribution in [0.3, 0.4) is 0 Å². The molecule has 0 bridgehead atoms. The minimum absolute atomic E-state index is 0.350. The van der Waals surface area contributed by atoms with E-state index in [9.17, 15) is 5.11 Å². The molecule has 0 amide bonds. The first-order chi connectivity index (χ1) is 9.60. The molecule has 2 heteroatoms. The zero-order chi connectivity index (χ0) is 14.5. The number of rotatable bonds is 6. The van der Waals surface area contributed by atoms with E-state index >= 15 is 0 Å². The van der Waals surface area contributed by atoms with Gasteiger partial charge in [-0.05, 0) is 42.3 Å². The number of aliphatic hydroxyl groups is 1. The van der Waals surface area contributed by atoms with Gasteiger partial charge < -0.3 is 10.0 Å². The summed E-state index contributed by atoms with van der Waals surface area (Å²) in [7, 11) is 0. The molecular weight excluding hydrogens is 246 g/mol. The van der Waals surface area contributed by atoms with E-state index in [0.29, 0.717) is 0 Å². The zero-order valence-corrected chi connectivity index (χ0v) is 13.2. The van der Waals surface area contributed by atoms with E-state index in [1.54, 1.807) is 0 Å². The molecule has 1 aliphatic heterocycles. The van der Waals surface area contributed by atoms with Crippen LogP contribution in [-0.4, -0.2) is 29.6 Å². The van der Waals surface area contributed by atoms with E-state index in [1.807, 2.05) is 0 Å². The lowest BCUT2D eigenvalue weighted by Gasteiger charge is -2.21. The first-order valence-corrected chi connectivity index (χ1v) is 8.09. The SMILES string of the molecule is CCCc1ccc(C(O)CN2CCC(C(C)C)C2)cc1. The molecule has 1 aromatic rings. The lowest BCUT2D eigenvalue weighted by Crippen LogP contribution is -2.27. The molecule has 0 saturated carbocycles. The number of aryl methyl sites for hydroxylation is 1. The average molecular weight is 275 g/mol. The van der Waals surface area contributed by atoms with E-state index < -0.39 is 0 Å². The molecule has 20 heavy (non-hydrogen) atoms. The second-order valence-corrected chi connectivity index (χ2v) is 6.56. The molecule has 1 N–H and O–H groups in total. The second-order valence-electron chi connectivity index (χ2n) is 6.56. The predicted octanol–water partition coefficient (Wildman–Crippen LogP) is 3.65. The standard InChI is InChI=1S/C18H29NO/c1-4-5-15-6-8-16(9-7-15)18(20)13-19-11-10-17(12-19)14(2)3/h6-9,14,17-18,20H,4-5,10-13H2,1-3H3. The summed E-state index contributed by atoms with van der Waals surface area (Å²) in [6.07, 6.45) is 3.22. The van der Waals surface area contributed by atoms with Crippen LogP contribution in [0.15, 0.2) is 24.3 Å². The maximum atomic E-state index is 10.4. The summed E-state index contributed by atoms with van der Waals surface area (Å²) in [5.74, 6) is 1.56. The number of aliphatic hydroxyl groups excluding tert-OH is 1. The van der Waals surface area contributed by atoms with Crippen LogP contribution < -0.4 is 0 Å². The van der Waals surface area contributed by atoms with Gasteiger partial charge in [-0.1, -0.05) is 51.5 Å². The van der Waals surface area contributed by atoms with Crippen molar-refractivity contribution in [3.8, 4) is 0 Å². The van der Waals surface area contributed by atoms with Gasteiger partial charge in [0.2, 0.25) is 0 Å². The Balaban J connectivity index is 1.87. The van der Waals surface area contributed by atoms with Gasteiger partial charge in [-0.25, -0.2) is 0 Å². The molecule has 0 aliphatic carbocycles. The van der Waals surface area contributed by atoms with E-state index in [0.717, 1.165) is 43.5 Å². The highest BCUT2D eigenvalue weighted by molar-refractivity contribution is 5.24. The van der Waals surface area contributed by atoms with E-state index in [1.165, 1.54) is 18.4 Å². The predicted molar refractivity (Wildman–Crippen MR) is 84.8 cm³/mol. The largest absolute Gasteiger partial charge is 0.387 e. The fourth-order valence-corrected chi connectivity index (χ4v) is 3.12. The zero-order valence-electron chi connectivity index (χ0n) is 13.2. The van der Waals surface area contributed by atoms with Crippen molar-refractivity contribution in [1.29, 1.82) is 0 Å². The van der Waals surface area contributed by atoms with Crippen LogP contribution in [0.1, 0.15) is 50.8 Å². The molecule has 0 aromatic heterocycles. The van der Waals surface area contributed by atoms with Crippen molar-refractivity contribution in [3.63, 3.8) is 0 Å². The first-order valence-electron chi connectivity index (χ1n) is 8.09. The molecule has 1 aromatic carbocycles. The number of hydrogen-bond donors (Lipinski definition) is 1. The van der Waals surface area contributed by atoms with Crippen molar-refractivity contribution >= 4 is 0 Å². The molecule has 2 rings (SSSR count). The van der Waals surface area contributed by atoms with Gasteiger partial charge in [0.05, 0.1) is 6.10 Å². The molecule has 1 fully saturated rings. The molecule has 2 atom stereocenters. The van der Waals surface area contributed by atoms with E-state index in [-0.39, 0.29) is 6.10 Å². The Bertz CT molecular complexity index is 398. The van der Waals surface area contributed by atoms with Crippen molar-refractivity contribution in [2.75, 3.05) is 19.6 Å². The van der Waals surface area contributed by atoms with Crippen LogP contribution in [0.4, 0.5) is 0 Å². The molecule has 0 spiro atoms. The second kappa shape index (κ2) is 7.24. The quantitative estimate of drug-likeness (QED) is 0.856. The van der Waals surface area contributed by atoms with Crippen LogP contribution in [-0.2, 0) is 6.42 Å². The fourth-order valence-electron chi connectivity index (χ4n) is 3.12. The van der Waals surface area contributed by atoms with Gasteiger partial charge in [0.15, 0.2) is 0 Å². The van der Waals surface area contributed by atoms with Crippen LogP contribution in [0.25, 0.3) is 0 Å². The van der Waals surface area contributed by atoms with Gasteiger partial charge in [0.1, 0.15) is 0 Å². The van der Waals surface area contributed by atoms with Crippen LogP contribution >= 0.6 is 0 Å². The van der Waals surface area contributed by atoms with Crippen LogP contribution in [0, 0.1) is 11.8 Å². The summed E-state index contributed by atoms with van der Waals surface area (Å²) >= 11 is 0. The maximum absolute atomic E-state index is 10.4. The molecule has 2 unspecified atom stereocenters. The van der Waals surface area contributed by atoms with Crippen LogP contribution in [0.2, 0.25) is 0 Å². The van der Waals surface area contributed by atoms with Crippen molar-refractivity contribution in [3.05, 3.63) is 35.4 Å². The molecule has 112 valence electrons. The van der Waals surface area contributed by atoms with Gasteiger partial charge in [0.25, 0.3) is 0 Å². The highest BCUT2D eigenvalue weighted by atomic mass is 16.3. The summed E-state index contributed by atoms with van der Waals surface area (Å²) in [5.41, 5.74) is 2.42. The van der Waals surface area contributed by atoms with Gasteiger partial charge in [0, 0.05) is 13.1 Å². The molecule has 1 saturated heterocycles. The molecule has 1 aliphatic rings. The Morgan fingerprint density at radius 2 is 1.95 bits per heavy atom. The summed E-state index contributed by atoms with van der Waals surface area (Å²) < 4.78 is 0. The van der Waals surface area contributed by atoms with Crippen molar-refractivity contribution in [2.24, 2.45) is 11.8 Å². The van der Waals surface area contributed by atoms with Gasteiger partial charge in [-0.2, -0.15) is 0 Å². The van der Waals surface area contributed by atoms with Crippen molar-refractivity contribution < 1.29 is 5.11 Å². The summed E-state index contributed by atoms with van der Waals surface area (Å²) in [6, 6.07) is 8.49. The number of likely N-dealkylation sites (tertiary alicyclic amines) is 1. The van der Waals surface area contributed by atoms with Crippen molar-refractivity contribution in [2.45, 2.75) is 46.1 Å². The minimum Gasteiger partial charge on any atom is -0.387 e. The Morgan fingerprint density at radius 1 is 1.25 bits per heavy atom. The highest BCUT2D eigenvalue weighted by Crippen LogP contribution is 2.25. The normalized spacial score (nSPS) is 21.6. The van der Waals surface area contributed by atoms with E-state index in [4.69, 9.17) is 0 Å². The van der Waals surface area contributed by atoms with E-state index in [2.05, 4.69) is 49.9 Å². The summed E-state index contributed by atoms with van der Waals surface area (Å²) in [6.45, 7) is 9.85. The third kappa shape index (κ3) is 4.07. The molecular formula is C18H29NO. The molecule has 2 nitrogen and oxygen atoms in total. The first kappa shape index (κ1) is 15.5. The van der Waals surface area contributed by atoms with Gasteiger partial charge >= 0.3 is 0 Å². The number of hydrogen-bond acceptors (Lipinski definition) is 2. The Kier molecular flexibility index (Phi) is 5.62. The summed E-state index contributed by atoms with van der Waals surface area (Å²) in [4.78, 5) is 2.41. The minimum atomic E-state index is -0.350. The Morgan fingerprint density at radius 3 is 2.50 bits per heavy atom. The highest BCUT2D eigenvalue weighted by Gasteiger charge is 2.26. The lowest BCUT2D eigenvalue weighted by molar-refractivity contribution is 0.123. The fraction of sp³-hybridized carbons (Fsp3) is 0.667. The molecule has 1 heterocycles. The van der Waals surface area contributed by atoms with Crippen LogP contribution in [0.5, 0.6) is 0 Å². The number of β-amino-alcohol motifs (C(OH)–C–C–N with tert-alkyl or cyclic N) is 1. The summed E-state index contributed by atoms with van der Waals surface area (Å²) in [5, 5.41) is 10.4. The average Bonchev–Trinajstić information content (AvgIpc) is 2.88. The third-order valence-electron chi connectivity index (χ3n) is 4.59.